The number of pyridine rings is 1. The minimum Gasteiger partial charge on any atom is -0.481 e. The van der Waals surface area contributed by atoms with Crippen LogP contribution in [0, 0.1) is 6.92 Å². The number of nitrogens with one attached hydrogen (secondary N) is 1. The minimum absolute atomic E-state index is 0.0641. The van der Waals surface area contributed by atoms with E-state index in [0.717, 1.165) is 56.5 Å². The van der Waals surface area contributed by atoms with Crippen molar-refractivity contribution in [1.29, 1.82) is 0 Å². The van der Waals surface area contributed by atoms with Crippen molar-refractivity contribution in [3.63, 3.8) is 0 Å². The van der Waals surface area contributed by atoms with Gasteiger partial charge in [0, 0.05) is 25.4 Å². The summed E-state index contributed by atoms with van der Waals surface area (Å²) in [5.41, 5.74) is 2.57. The minimum atomic E-state index is -0.821. The summed E-state index contributed by atoms with van der Waals surface area (Å²) in [7, 11) is 0. The zero-order valence-electron chi connectivity index (χ0n) is 16.9. The van der Waals surface area contributed by atoms with E-state index in [0.29, 0.717) is 17.9 Å². The largest absolute Gasteiger partial charge is 0.481 e. The highest BCUT2D eigenvalue weighted by atomic mass is 16.4. The van der Waals surface area contributed by atoms with Crippen molar-refractivity contribution in [1.82, 2.24) is 15.0 Å². The van der Waals surface area contributed by atoms with Gasteiger partial charge in [-0.1, -0.05) is 18.9 Å². The lowest BCUT2D eigenvalue weighted by molar-refractivity contribution is -0.137. The lowest BCUT2D eigenvalue weighted by Crippen LogP contribution is -2.15. The Bertz CT molecular complexity index is 852. The first kappa shape index (κ1) is 20.9. The Kier molecular flexibility index (Phi) is 7.27. The number of rotatable bonds is 10. The third-order valence-electron chi connectivity index (χ3n) is 5.33. The number of hydrogen-bond acceptors (Lipinski definition) is 6. The molecule has 0 amide bonds. The number of aryl methyl sites for hydroxylation is 2. The van der Waals surface area contributed by atoms with Crippen LogP contribution in [-0.2, 0) is 11.2 Å². The highest BCUT2D eigenvalue weighted by Crippen LogP contribution is 2.26. The summed E-state index contributed by atoms with van der Waals surface area (Å²) in [4.78, 5) is 36.5. The van der Waals surface area contributed by atoms with Crippen LogP contribution in [-0.4, -0.2) is 38.4 Å². The van der Waals surface area contributed by atoms with Crippen molar-refractivity contribution in [3.05, 3.63) is 47.2 Å². The van der Waals surface area contributed by atoms with Crippen molar-refractivity contribution in [2.45, 2.75) is 64.2 Å². The van der Waals surface area contributed by atoms with Crippen LogP contribution in [0.25, 0.3) is 0 Å². The number of carbonyl (C=O) groups excluding carboxylic acids is 1. The molecule has 154 valence electrons. The number of anilines is 1. The summed E-state index contributed by atoms with van der Waals surface area (Å²) in [6.45, 7) is 2.71. The van der Waals surface area contributed by atoms with Crippen molar-refractivity contribution >= 4 is 17.6 Å². The lowest BCUT2D eigenvalue weighted by Gasteiger charge is -2.17. The molecular formula is C22H28N4O3. The van der Waals surface area contributed by atoms with Gasteiger partial charge in [-0.2, -0.15) is 0 Å². The van der Waals surface area contributed by atoms with E-state index in [1.54, 1.807) is 19.3 Å². The van der Waals surface area contributed by atoms with E-state index in [-0.39, 0.29) is 18.1 Å². The van der Waals surface area contributed by atoms with Crippen LogP contribution in [0.15, 0.2) is 24.5 Å². The first-order valence-electron chi connectivity index (χ1n) is 10.3. The zero-order valence-corrected chi connectivity index (χ0v) is 16.9. The van der Waals surface area contributed by atoms with Crippen molar-refractivity contribution in [2.24, 2.45) is 0 Å². The number of carboxylic acid groups (broad SMARTS) is 1. The van der Waals surface area contributed by atoms with Gasteiger partial charge in [-0.3, -0.25) is 9.59 Å². The maximum atomic E-state index is 12.4. The van der Waals surface area contributed by atoms with Crippen LogP contribution in [0.2, 0.25) is 0 Å². The molecule has 0 bridgehead atoms. The Hall–Kier alpha value is -2.83. The second-order valence-corrected chi connectivity index (χ2v) is 7.62. The third-order valence-corrected chi connectivity index (χ3v) is 5.33. The number of ketones is 1. The highest BCUT2D eigenvalue weighted by molar-refractivity contribution is 5.94. The zero-order chi connectivity index (χ0) is 20.6. The number of hydrogen-bond donors (Lipinski definition) is 2. The Morgan fingerprint density at radius 3 is 2.72 bits per heavy atom. The highest BCUT2D eigenvalue weighted by Gasteiger charge is 2.17. The SMILES string of the molecule is Cc1ncc([C@@H](CCCCCC(=O)c2ccc3c(n2)NCCC3)CC(=O)O)cn1. The van der Waals surface area contributed by atoms with Gasteiger partial charge in [-0.15, -0.1) is 0 Å². The maximum absolute atomic E-state index is 12.4. The molecule has 29 heavy (non-hydrogen) atoms. The summed E-state index contributed by atoms with van der Waals surface area (Å²) in [5, 5.41) is 12.4. The van der Waals surface area contributed by atoms with Gasteiger partial charge in [-0.05, 0) is 55.7 Å². The quantitative estimate of drug-likeness (QED) is 0.463. The normalized spacial score (nSPS) is 14.0. The summed E-state index contributed by atoms with van der Waals surface area (Å²) in [6, 6.07) is 3.83. The van der Waals surface area contributed by atoms with E-state index < -0.39 is 5.97 Å². The number of carbonyl (C=O) groups is 2. The average molecular weight is 396 g/mol. The van der Waals surface area contributed by atoms with Gasteiger partial charge in [0.1, 0.15) is 17.3 Å². The molecule has 2 aromatic rings. The number of carboxylic acids is 1. The molecule has 7 nitrogen and oxygen atoms in total. The van der Waals surface area contributed by atoms with E-state index in [2.05, 4.69) is 20.3 Å². The van der Waals surface area contributed by atoms with Gasteiger partial charge in [0.25, 0.3) is 0 Å². The maximum Gasteiger partial charge on any atom is 0.303 e. The fraction of sp³-hybridized carbons (Fsp3) is 0.500. The lowest BCUT2D eigenvalue weighted by atomic mass is 9.92. The van der Waals surface area contributed by atoms with E-state index >= 15 is 0 Å². The molecule has 2 aromatic heterocycles. The van der Waals surface area contributed by atoms with Gasteiger partial charge in [0.2, 0.25) is 0 Å². The molecule has 1 atom stereocenters. The Morgan fingerprint density at radius 1 is 1.17 bits per heavy atom. The average Bonchev–Trinajstić information content (AvgIpc) is 2.72. The van der Waals surface area contributed by atoms with Gasteiger partial charge in [-0.25, -0.2) is 15.0 Å². The van der Waals surface area contributed by atoms with Gasteiger partial charge in [0.15, 0.2) is 5.78 Å². The van der Waals surface area contributed by atoms with E-state index in [1.165, 1.54) is 5.56 Å². The fourth-order valence-corrected chi connectivity index (χ4v) is 3.68. The first-order valence-corrected chi connectivity index (χ1v) is 10.3. The molecule has 0 aliphatic carbocycles. The molecule has 0 saturated heterocycles. The summed E-state index contributed by atoms with van der Waals surface area (Å²) < 4.78 is 0. The predicted molar refractivity (Wildman–Crippen MR) is 110 cm³/mol. The smallest absolute Gasteiger partial charge is 0.303 e. The molecule has 0 aromatic carbocycles. The molecule has 0 fully saturated rings. The fourth-order valence-electron chi connectivity index (χ4n) is 3.68. The number of fused-ring (bicyclic) bond motifs is 1. The molecule has 2 N–H and O–H groups in total. The topological polar surface area (TPSA) is 105 Å². The van der Waals surface area contributed by atoms with Crippen LogP contribution >= 0.6 is 0 Å². The van der Waals surface area contributed by atoms with Crippen LogP contribution < -0.4 is 5.32 Å². The third kappa shape index (κ3) is 6.07. The van der Waals surface area contributed by atoms with Crippen LogP contribution in [0.5, 0.6) is 0 Å². The summed E-state index contributed by atoms with van der Waals surface area (Å²) in [6.07, 6.45) is 9.32. The Morgan fingerprint density at radius 2 is 1.97 bits per heavy atom. The van der Waals surface area contributed by atoms with Crippen LogP contribution in [0.4, 0.5) is 5.82 Å². The van der Waals surface area contributed by atoms with Crippen LogP contribution in [0.1, 0.15) is 78.3 Å². The number of Topliss-reactive ketones (excluding diaryl/α,β-unsaturated/α-hetero) is 1. The van der Waals surface area contributed by atoms with Gasteiger partial charge < -0.3 is 10.4 Å². The van der Waals surface area contributed by atoms with E-state index in [4.69, 9.17) is 0 Å². The molecule has 3 heterocycles. The number of aromatic nitrogens is 3. The van der Waals surface area contributed by atoms with E-state index in [9.17, 15) is 14.7 Å². The molecule has 7 heteroatoms. The standard InChI is InChI=1S/C22H28N4O3/c1-15-24-13-18(14-25-15)17(12-21(28)29)6-3-2-4-8-20(27)19-10-9-16-7-5-11-23-22(16)26-19/h9-10,13-14,17H,2-8,11-12H2,1H3,(H,23,26)(H,28,29)/t17-/m0/s1. The monoisotopic (exact) mass is 396 g/mol. The molecule has 0 radical (unpaired) electrons. The molecular weight excluding hydrogens is 368 g/mol. The van der Waals surface area contributed by atoms with Crippen LogP contribution in [0.3, 0.4) is 0 Å². The van der Waals surface area contributed by atoms with Crippen molar-refractivity contribution in [3.8, 4) is 0 Å². The predicted octanol–water partition coefficient (Wildman–Crippen LogP) is 3.93. The summed E-state index contributed by atoms with van der Waals surface area (Å²) in [5.74, 6) is 0.662. The molecule has 1 aliphatic rings. The first-order chi connectivity index (χ1) is 14.0. The van der Waals surface area contributed by atoms with Gasteiger partial charge >= 0.3 is 5.97 Å². The van der Waals surface area contributed by atoms with Crippen molar-refractivity contribution in [2.75, 3.05) is 11.9 Å². The Balaban J connectivity index is 1.45. The van der Waals surface area contributed by atoms with Crippen molar-refractivity contribution < 1.29 is 14.7 Å². The molecule has 0 spiro atoms. The number of aliphatic carboxylic acids is 1. The molecule has 1 aliphatic heterocycles. The second-order valence-electron chi connectivity index (χ2n) is 7.62. The molecule has 0 unspecified atom stereocenters. The second kappa shape index (κ2) is 10.1. The Labute approximate surface area is 171 Å². The van der Waals surface area contributed by atoms with Gasteiger partial charge in [0.05, 0.1) is 6.42 Å². The summed E-state index contributed by atoms with van der Waals surface area (Å²) >= 11 is 0. The molecule has 3 rings (SSSR count). The number of nitrogens with zero attached hydrogens (tertiary/aromatic N) is 3. The molecule has 0 saturated carbocycles. The number of unbranched alkanes of at least 4 members (excludes halogenated alkanes) is 2. The van der Waals surface area contributed by atoms with E-state index in [1.807, 2.05) is 12.1 Å².